The second kappa shape index (κ2) is 5.05. The average molecular weight is 288 g/mol. The number of aryl methyl sites for hydroxylation is 1. The molecule has 2 rings (SSSR count). The largest absolute Gasteiger partial charge is 0.416 e. The first kappa shape index (κ1) is 13.6. The molecule has 1 aromatic carbocycles. The number of anilines is 2. The van der Waals surface area contributed by atoms with E-state index in [2.05, 4.69) is 15.3 Å². The molecule has 0 atom stereocenters. The highest BCUT2D eigenvalue weighted by Gasteiger charge is 2.30. The third-order valence-corrected chi connectivity index (χ3v) is 2.58. The predicted molar refractivity (Wildman–Crippen MR) is 66.5 cm³/mol. The number of rotatable bonds is 2. The van der Waals surface area contributed by atoms with E-state index in [4.69, 9.17) is 11.6 Å². The van der Waals surface area contributed by atoms with Crippen molar-refractivity contribution < 1.29 is 13.2 Å². The van der Waals surface area contributed by atoms with Gasteiger partial charge in [0.1, 0.15) is 5.82 Å². The molecule has 1 aromatic heterocycles. The van der Waals surface area contributed by atoms with Crippen molar-refractivity contribution in [3.63, 3.8) is 0 Å². The van der Waals surface area contributed by atoms with E-state index in [1.807, 2.05) is 0 Å². The molecule has 0 bridgehead atoms. The molecule has 0 fully saturated rings. The summed E-state index contributed by atoms with van der Waals surface area (Å²) in [4.78, 5) is 7.69. The predicted octanol–water partition coefficient (Wildman–Crippen LogP) is 4.20. The first-order valence-corrected chi connectivity index (χ1v) is 5.67. The Balaban J connectivity index is 2.31. The van der Waals surface area contributed by atoms with Gasteiger partial charge in [-0.3, -0.25) is 0 Å². The van der Waals surface area contributed by atoms with E-state index >= 15 is 0 Å². The Morgan fingerprint density at radius 1 is 1.26 bits per heavy atom. The van der Waals surface area contributed by atoms with Crippen molar-refractivity contribution in [2.75, 3.05) is 5.32 Å². The van der Waals surface area contributed by atoms with Crippen molar-refractivity contribution >= 4 is 23.1 Å². The number of hydrogen-bond acceptors (Lipinski definition) is 3. The molecular weight excluding hydrogens is 279 g/mol. The van der Waals surface area contributed by atoms with Crippen LogP contribution in [-0.2, 0) is 6.18 Å². The van der Waals surface area contributed by atoms with E-state index in [9.17, 15) is 13.2 Å². The number of halogens is 4. The first-order chi connectivity index (χ1) is 8.86. The summed E-state index contributed by atoms with van der Waals surface area (Å²) < 4.78 is 37.7. The Kier molecular flexibility index (Phi) is 3.61. The van der Waals surface area contributed by atoms with Crippen LogP contribution in [0.3, 0.4) is 0 Å². The molecule has 0 aliphatic carbocycles. The highest BCUT2D eigenvalue weighted by molar-refractivity contribution is 6.28. The van der Waals surface area contributed by atoms with Crippen LogP contribution in [-0.4, -0.2) is 9.97 Å². The second-order valence-corrected chi connectivity index (χ2v) is 4.21. The molecule has 1 heterocycles. The zero-order chi connectivity index (χ0) is 14.0. The summed E-state index contributed by atoms with van der Waals surface area (Å²) >= 11 is 5.64. The van der Waals surface area contributed by atoms with Crippen LogP contribution in [0.2, 0.25) is 5.28 Å². The Morgan fingerprint density at radius 2 is 2.00 bits per heavy atom. The number of hydrogen-bond donors (Lipinski definition) is 1. The fourth-order valence-corrected chi connectivity index (χ4v) is 1.59. The van der Waals surface area contributed by atoms with Crippen molar-refractivity contribution in [2.45, 2.75) is 13.1 Å². The summed E-state index contributed by atoms with van der Waals surface area (Å²) in [5, 5.41) is 2.82. The van der Waals surface area contributed by atoms with Gasteiger partial charge in [-0.1, -0.05) is 6.07 Å². The lowest BCUT2D eigenvalue weighted by molar-refractivity contribution is -0.137. The minimum absolute atomic E-state index is 0.0278. The van der Waals surface area contributed by atoms with E-state index in [0.717, 1.165) is 12.1 Å². The maximum Gasteiger partial charge on any atom is 0.416 e. The molecule has 0 spiro atoms. The fraction of sp³-hybridized carbons (Fsp3) is 0.167. The number of nitrogens with zero attached hydrogens (tertiary/aromatic N) is 2. The van der Waals surface area contributed by atoms with Gasteiger partial charge in [-0.2, -0.15) is 13.2 Å². The van der Waals surface area contributed by atoms with Crippen molar-refractivity contribution in [3.05, 3.63) is 46.9 Å². The van der Waals surface area contributed by atoms with E-state index in [-0.39, 0.29) is 11.0 Å². The Hall–Kier alpha value is -1.82. The van der Waals surface area contributed by atoms with E-state index in [0.29, 0.717) is 11.4 Å². The topological polar surface area (TPSA) is 37.8 Å². The Labute approximate surface area is 112 Å². The minimum atomic E-state index is -4.38. The van der Waals surface area contributed by atoms with Gasteiger partial charge in [0.15, 0.2) is 0 Å². The first-order valence-electron chi connectivity index (χ1n) is 5.29. The number of aromatic nitrogens is 2. The van der Waals surface area contributed by atoms with Crippen LogP contribution in [0.4, 0.5) is 24.7 Å². The van der Waals surface area contributed by atoms with Crippen LogP contribution >= 0.6 is 11.6 Å². The Bertz CT molecular complexity index is 599. The maximum absolute atomic E-state index is 12.6. The van der Waals surface area contributed by atoms with Crippen molar-refractivity contribution in [1.29, 1.82) is 0 Å². The van der Waals surface area contributed by atoms with Gasteiger partial charge in [0.25, 0.3) is 0 Å². The molecule has 0 aliphatic rings. The third kappa shape index (κ3) is 3.35. The molecule has 0 saturated heterocycles. The smallest absolute Gasteiger partial charge is 0.340 e. The normalized spacial score (nSPS) is 11.4. The second-order valence-electron chi connectivity index (χ2n) is 3.87. The molecule has 3 nitrogen and oxygen atoms in total. The summed E-state index contributed by atoms with van der Waals surface area (Å²) in [6, 6.07) is 4.86. The molecular formula is C12H9ClF3N3. The molecule has 2 aromatic rings. The number of nitrogens with one attached hydrogen (secondary N) is 1. The van der Waals surface area contributed by atoms with E-state index < -0.39 is 11.7 Å². The van der Waals surface area contributed by atoms with Gasteiger partial charge in [-0.15, -0.1) is 0 Å². The zero-order valence-electron chi connectivity index (χ0n) is 9.79. The number of alkyl halides is 3. The summed E-state index contributed by atoms with van der Waals surface area (Å²) in [7, 11) is 0. The van der Waals surface area contributed by atoms with Crippen molar-refractivity contribution in [1.82, 2.24) is 9.97 Å². The molecule has 100 valence electrons. The van der Waals surface area contributed by atoms with Crippen LogP contribution in [0.1, 0.15) is 11.1 Å². The zero-order valence-corrected chi connectivity index (χ0v) is 10.5. The van der Waals surface area contributed by atoms with Gasteiger partial charge in [0, 0.05) is 17.4 Å². The SMILES string of the molecule is Cc1cnc(Cl)nc1Nc1cccc(C(F)(F)F)c1. The van der Waals surface area contributed by atoms with Crippen LogP contribution in [0.15, 0.2) is 30.5 Å². The van der Waals surface area contributed by atoms with Gasteiger partial charge in [0.05, 0.1) is 5.56 Å². The maximum atomic E-state index is 12.6. The summed E-state index contributed by atoms with van der Waals surface area (Å²) in [6.45, 7) is 1.73. The third-order valence-electron chi connectivity index (χ3n) is 2.39. The highest BCUT2D eigenvalue weighted by Crippen LogP contribution is 2.31. The minimum Gasteiger partial charge on any atom is -0.340 e. The molecule has 0 unspecified atom stereocenters. The van der Waals surface area contributed by atoms with Gasteiger partial charge >= 0.3 is 6.18 Å². The van der Waals surface area contributed by atoms with Crippen LogP contribution < -0.4 is 5.32 Å². The molecule has 1 N–H and O–H groups in total. The average Bonchev–Trinajstić information content (AvgIpc) is 2.33. The van der Waals surface area contributed by atoms with E-state index in [1.54, 1.807) is 6.92 Å². The van der Waals surface area contributed by atoms with E-state index in [1.165, 1.54) is 18.3 Å². The summed E-state index contributed by atoms with van der Waals surface area (Å²) in [5.41, 5.74) is 0.241. The lowest BCUT2D eigenvalue weighted by atomic mass is 10.2. The van der Waals surface area contributed by atoms with Crippen LogP contribution in [0.5, 0.6) is 0 Å². The lowest BCUT2D eigenvalue weighted by Crippen LogP contribution is -2.05. The van der Waals surface area contributed by atoms with Gasteiger partial charge in [-0.25, -0.2) is 9.97 Å². The van der Waals surface area contributed by atoms with Gasteiger partial charge in [0.2, 0.25) is 5.28 Å². The molecule has 0 saturated carbocycles. The molecule has 0 radical (unpaired) electrons. The lowest BCUT2D eigenvalue weighted by Gasteiger charge is -2.11. The quantitative estimate of drug-likeness (QED) is 0.841. The van der Waals surface area contributed by atoms with Crippen LogP contribution in [0.25, 0.3) is 0 Å². The molecule has 19 heavy (non-hydrogen) atoms. The standard InChI is InChI=1S/C12H9ClF3N3/c1-7-6-17-11(13)19-10(7)18-9-4-2-3-8(5-9)12(14,15)16/h2-6H,1H3,(H,17,18,19). The number of benzene rings is 1. The fourth-order valence-electron chi connectivity index (χ4n) is 1.46. The Morgan fingerprint density at radius 3 is 2.68 bits per heavy atom. The summed E-state index contributed by atoms with van der Waals surface area (Å²) in [5.74, 6) is 0.374. The van der Waals surface area contributed by atoms with Gasteiger partial charge < -0.3 is 5.32 Å². The monoisotopic (exact) mass is 287 g/mol. The summed E-state index contributed by atoms with van der Waals surface area (Å²) in [6.07, 6.45) is -2.89. The molecule has 0 aliphatic heterocycles. The highest BCUT2D eigenvalue weighted by atomic mass is 35.5. The van der Waals surface area contributed by atoms with Crippen LogP contribution in [0, 0.1) is 6.92 Å². The van der Waals surface area contributed by atoms with Gasteiger partial charge in [-0.05, 0) is 36.7 Å². The molecule has 7 heteroatoms. The van der Waals surface area contributed by atoms with Crippen molar-refractivity contribution in [2.24, 2.45) is 0 Å². The van der Waals surface area contributed by atoms with Crippen molar-refractivity contribution in [3.8, 4) is 0 Å². The molecule has 0 amide bonds.